The number of carboxylic acids is 1. The summed E-state index contributed by atoms with van der Waals surface area (Å²) in [7, 11) is 0. The van der Waals surface area contributed by atoms with Gasteiger partial charge in [-0.15, -0.1) is 11.3 Å². The first-order valence-electron chi connectivity index (χ1n) is 9.37. The summed E-state index contributed by atoms with van der Waals surface area (Å²) in [5.74, 6) is 0.476. The minimum atomic E-state index is -0.966. The highest BCUT2D eigenvalue weighted by atomic mass is 32.1. The van der Waals surface area contributed by atoms with Crippen molar-refractivity contribution in [1.29, 1.82) is 0 Å². The number of carbonyl (C=O) groups excluding carboxylic acids is 1. The third kappa shape index (κ3) is 3.48. The number of thiophene rings is 1. The Hall–Kier alpha value is -2.28. The predicted molar refractivity (Wildman–Crippen MR) is 101 cm³/mol. The van der Waals surface area contributed by atoms with Crippen molar-refractivity contribution in [2.45, 2.75) is 64.7 Å². The van der Waals surface area contributed by atoms with Crippen molar-refractivity contribution < 1.29 is 19.2 Å². The third-order valence-electron chi connectivity index (χ3n) is 5.31. The van der Waals surface area contributed by atoms with E-state index < -0.39 is 5.97 Å². The summed E-state index contributed by atoms with van der Waals surface area (Å²) in [5, 5.41) is 13.4. The first-order valence-corrected chi connectivity index (χ1v) is 10.2. The molecule has 2 heterocycles. The molecule has 2 aliphatic rings. The number of hydrogen-bond acceptors (Lipinski definition) is 6. The maximum absolute atomic E-state index is 13.0. The second kappa shape index (κ2) is 7.03. The number of aliphatic carboxylic acids is 1. The maximum Gasteiger partial charge on any atom is 0.331 e. The van der Waals surface area contributed by atoms with Gasteiger partial charge >= 0.3 is 5.97 Å². The Morgan fingerprint density at radius 3 is 2.48 bits per heavy atom. The molecule has 1 fully saturated rings. The van der Waals surface area contributed by atoms with Crippen LogP contribution in [0.25, 0.3) is 11.5 Å². The highest BCUT2D eigenvalue weighted by molar-refractivity contribution is 7.12. The normalized spacial score (nSPS) is 17.4. The molecule has 0 amide bonds. The largest absolute Gasteiger partial charge is 0.478 e. The van der Waals surface area contributed by atoms with E-state index in [-0.39, 0.29) is 17.8 Å². The minimum absolute atomic E-state index is 0.0896. The molecule has 2 aliphatic carbocycles. The minimum Gasteiger partial charge on any atom is -0.478 e. The first-order chi connectivity index (χ1) is 13.0. The number of aryl methyl sites for hydroxylation is 2. The Morgan fingerprint density at radius 1 is 1.19 bits per heavy atom. The molecule has 2 aromatic heterocycles. The molecule has 0 spiro atoms. The van der Waals surface area contributed by atoms with Crippen LogP contribution < -0.4 is 0 Å². The molecule has 0 radical (unpaired) electrons. The topological polar surface area (TPSA) is 93.3 Å². The fraction of sp³-hybridized carbons (Fsp3) is 0.500. The molecule has 6 nitrogen and oxygen atoms in total. The van der Waals surface area contributed by atoms with Crippen LogP contribution in [0.3, 0.4) is 0 Å². The van der Waals surface area contributed by atoms with Gasteiger partial charge < -0.3 is 9.63 Å². The molecular formula is C20H22N2O4S. The lowest BCUT2D eigenvalue weighted by atomic mass is 9.87. The average molecular weight is 386 g/mol. The number of hydrogen-bond donors (Lipinski definition) is 1. The van der Waals surface area contributed by atoms with Crippen molar-refractivity contribution in [1.82, 2.24) is 10.1 Å². The molecule has 0 aromatic carbocycles. The van der Waals surface area contributed by atoms with Gasteiger partial charge in [-0.25, -0.2) is 4.79 Å². The van der Waals surface area contributed by atoms with Crippen LogP contribution in [0.15, 0.2) is 15.7 Å². The average Bonchev–Trinajstić information content (AvgIpc) is 3.30. The highest BCUT2D eigenvalue weighted by Gasteiger charge is 2.34. The Labute approximate surface area is 161 Å². The van der Waals surface area contributed by atoms with E-state index in [0.717, 1.165) is 36.1 Å². The second-order valence-electron chi connectivity index (χ2n) is 7.36. The monoisotopic (exact) mass is 386 g/mol. The van der Waals surface area contributed by atoms with E-state index in [0.29, 0.717) is 36.0 Å². The molecule has 0 atom stereocenters. The van der Waals surface area contributed by atoms with E-state index >= 15 is 0 Å². The van der Waals surface area contributed by atoms with Gasteiger partial charge in [0.15, 0.2) is 11.6 Å². The summed E-state index contributed by atoms with van der Waals surface area (Å²) in [6.45, 7) is 3.85. The Bertz CT molecular complexity index is 949. The van der Waals surface area contributed by atoms with Gasteiger partial charge in [-0.2, -0.15) is 4.98 Å². The van der Waals surface area contributed by atoms with Gasteiger partial charge in [0, 0.05) is 27.3 Å². The lowest BCUT2D eigenvalue weighted by Gasteiger charge is -2.16. The van der Waals surface area contributed by atoms with Crippen LogP contribution in [-0.4, -0.2) is 27.0 Å². The van der Waals surface area contributed by atoms with Gasteiger partial charge in [0.2, 0.25) is 0 Å². The molecule has 27 heavy (non-hydrogen) atoms. The van der Waals surface area contributed by atoms with E-state index in [1.165, 1.54) is 10.4 Å². The fourth-order valence-electron chi connectivity index (χ4n) is 3.94. The van der Waals surface area contributed by atoms with Crippen LogP contribution in [0.1, 0.15) is 65.6 Å². The third-order valence-corrected chi connectivity index (χ3v) is 6.44. The zero-order valence-electron chi connectivity index (χ0n) is 15.5. The van der Waals surface area contributed by atoms with Crippen LogP contribution in [0.4, 0.5) is 0 Å². The number of Topliss-reactive ketones (excluding diaryl/α,β-unsaturated/α-hetero) is 1. The summed E-state index contributed by atoms with van der Waals surface area (Å²) >= 11 is 1.60. The molecular weight excluding hydrogens is 364 g/mol. The summed E-state index contributed by atoms with van der Waals surface area (Å²) < 4.78 is 5.44. The lowest BCUT2D eigenvalue weighted by Crippen LogP contribution is -2.17. The molecule has 142 valence electrons. The Balaban J connectivity index is 1.73. The number of rotatable bonds is 6. The van der Waals surface area contributed by atoms with Crippen LogP contribution in [0.5, 0.6) is 0 Å². The van der Waals surface area contributed by atoms with Gasteiger partial charge in [-0.3, -0.25) is 4.79 Å². The van der Waals surface area contributed by atoms with Crippen molar-refractivity contribution in [3.63, 3.8) is 0 Å². The fourth-order valence-corrected chi connectivity index (χ4v) is 5.19. The van der Waals surface area contributed by atoms with Gasteiger partial charge in [0.05, 0.1) is 5.56 Å². The van der Waals surface area contributed by atoms with Gasteiger partial charge in [-0.1, -0.05) is 5.16 Å². The van der Waals surface area contributed by atoms with E-state index in [4.69, 9.17) is 4.52 Å². The van der Waals surface area contributed by atoms with Gasteiger partial charge in [-0.05, 0) is 63.9 Å². The second-order valence-corrected chi connectivity index (χ2v) is 8.67. The number of carboxylic acid groups (broad SMARTS) is 1. The van der Waals surface area contributed by atoms with Crippen molar-refractivity contribution >= 4 is 23.1 Å². The summed E-state index contributed by atoms with van der Waals surface area (Å²) in [6.07, 6.45) is 5.19. The summed E-state index contributed by atoms with van der Waals surface area (Å²) in [6, 6.07) is 0. The van der Waals surface area contributed by atoms with Crippen molar-refractivity contribution in [3.05, 3.63) is 32.3 Å². The Kier molecular flexibility index (Phi) is 4.72. The zero-order chi connectivity index (χ0) is 19.1. The number of allylic oxidation sites excluding steroid dienone is 1. The van der Waals surface area contributed by atoms with Crippen molar-refractivity contribution in [2.75, 3.05) is 0 Å². The molecule has 0 saturated heterocycles. The molecule has 2 aromatic rings. The Morgan fingerprint density at radius 2 is 1.89 bits per heavy atom. The lowest BCUT2D eigenvalue weighted by molar-refractivity contribution is -0.133. The molecule has 0 unspecified atom stereocenters. The highest BCUT2D eigenvalue weighted by Crippen LogP contribution is 2.50. The number of ketones is 1. The van der Waals surface area contributed by atoms with Gasteiger partial charge in [0.1, 0.15) is 0 Å². The SMILES string of the molecule is Cc1noc(-c2c(CC(=O)C3=C(C(=O)O)CCCC3)sc(C)c2C2CC2)n1. The summed E-state index contributed by atoms with van der Waals surface area (Å²) in [4.78, 5) is 31.0. The van der Waals surface area contributed by atoms with E-state index in [9.17, 15) is 14.7 Å². The van der Waals surface area contributed by atoms with E-state index in [1.54, 1.807) is 18.3 Å². The van der Waals surface area contributed by atoms with Gasteiger partial charge in [0.25, 0.3) is 5.89 Å². The van der Waals surface area contributed by atoms with Crippen LogP contribution in [0.2, 0.25) is 0 Å². The molecule has 0 bridgehead atoms. The smallest absolute Gasteiger partial charge is 0.331 e. The number of carbonyl (C=O) groups is 2. The number of nitrogens with zero attached hydrogens (tertiary/aromatic N) is 2. The molecule has 1 saturated carbocycles. The van der Waals surface area contributed by atoms with Crippen molar-refractivity contribution in [3.8, 4) is 11.5 Å². The first kappa shape index (κ1) is 18.1. The standard InChI is InChI=1S/C20H22N2O4S/c1-10-17(12-7-8-12)18(19-21-11(2)22-26-19)16(27-10)9-15(23)13-5-3-4-6-14(13)20(24)25/h12H,3-9H2,1-2H3,(H,24,25). The molecule has 0 aliphatic heterocycles. The van der Waals surface area contributed by atoms with Crippen molar-refractivity contribution in [2.24, 2.45) is 0 Å². The number of aromatic nitrogens is 2. The van der Waals surface area contributed by atoms with Crippen LogP contribution >= 0.6 is 11.3 Å². The molecule has 1 N–H and O–H groups in total. The predicted octanol–water partition coefficient (Wildman–Crippen LogP) is 4.36. The molecule has 7 heteroatoms. The van der Waals surface area contributed by atoms with E-state index in [2.05, 4.69) is 17.1 Å². The van der Waals surface area contributed by atoms with Crippen LogP contribution in [0, 0.1) is 13.8 Å². The quantitative estimate of drug-likeness (QED) is 0.793. The maximum atomic E-state index is 13.0. The molecule has 4 rings (SSSR count). The van der Waals surface area contributed by atoms with E-state index in [1.807, 2.05) is 0 Å². The zero-order valence-corrected chi connectivity index (χ0v) is 16.3. The van der Waals surface area contributed by atoms with Crippen LogP contribution in [-0.2, 0) is 16.0 Å². The summed E-state index contributed by atoms with van der Waals surface area (Å²) in [5.41, 5.74) is 2.90.